The Morgan fingerprint density at radius 2 is 0.762 bits per heavy atom. The number of nitrogens with zero attached hydrogens (tertiary/aromatic N) is 2. The molecule has 122 valence electrons. The van der Waals surface area contributed by atoms with Gasteiger partial charge in [-0.3, -0.25) is 29.0 Å². The third kappa shape index (κ3) is 13.1. The molecule has 0 rings (SSSR count). The summed E-state index contributed by atoms with van der Waals surface area (Å²) >= 11 is 0. The van der Waals surface area contributed by atoms with E-state index in [0.717, 1.165) is 9.80 Å². The molecule has 10 nitrogen and oxygen atoms in total. The van der Waals surface area contributed by atoms with Gasteiger partial charge in [0.2, 0.25) is 0 Å². The third-order valence-corrected chi connectivity index (χ3v) is 2.17. The van der Waals surface area contributed by atoms with Crippen LogP contribution in [-0.4, -0.2) is 110 Å². The fourth-order valence-corrected chi connectivity index (χ4v) is 1.48. The van der Waals surface area contributed by atoms with E-state index < -0.39 is 50.1 Å². The molecule has 0 aromatic carbocycles. The first kappa shape index (κ1) is 21.6. The summed E-state index contributed by atoms with van der Waals surface area (Å²) in [6, 6.07) is 0. The number of rotatable bonds is 11. The molecule has 0 unspecified atom stereocenters. The predicted octanol–water partition coefficient (Wildman–Crippen LogP) is -2.99. The Bertz CT molecular complexity index is 321. The van der Waals surface area contributed by atoms with E-state index in [-0.39, 0.29) is 30.2 Å². The van der Waals surface area contributed by atoms with E-state index in [0.29, 0.717) is 0 Å². The molecular weight excluding hydrogens is 355 g/mol. The molecule has 0 bridgehead atoms. The van der Waals surface area contributed by atoms with Crippen molar-refractivity contribution < 1.29 is 39.6 Å². The SMILES string of the molecule is O=C(O)CN(CCN(CC(=O)O)CC(=O)O)CC(=O)O.[SeH2]. The number of hydrogen-bond acceptors (Lipinski definition) is 6. The van der Waals surface area contributed by atoms with Gasteiger partial charge in [-0.1, -0.05) is 0 Å². The van der Waals surface area contributed by atoms with Gasteiger partial charge in [0.1, 0.15) is 0 Å². The fourth-order valence-electron chi connectivity index (χ4n) is 1.48. The second kappa shape index (κ2) is 11.0. The summed E-state index contributed by atoms with van der Waals surface area (Å²) in [5, 5.41) is 34.5. The van der Waals surface area contributed by atoms with Gasteiger partial charge in [-0.05, 0) is 0 Å². The van der Waals surface area contributed by atoms with Crippen LogP contribution in [0.2, 0.25) is 0 Å². The summed E-state index contributed by atoms with van der Waals surface area (Å²) < 4.78 is 0. The van der Waals surface area contributed by atoms with Gasteiger partial charge in [0, 0.05) is 13.1 Å². The molecule has 0 saturated heterocycles. The maximum atomic E-state index is 10.6. The zero-order valence-electron chi connectivity index (χ0n) is 11.1. The summed E-state index contributed by atoms with van der Waals surface area (Å²) in [7, 11) is 0. The molecule has 4 N–H and O–H groups in total. The molecule has 0 heterocycles. The van der Waals surface area contributed by atoms with Crippen molar-refractivity contribution in [3.63, 3.8) is 0 Å². The van der Waals surface area contributed by atoms with E-state index in [1.165, 1.54) is 0 Å². The van der Waals surface area contributed by atoms with E-state index in [4.69, 9.17) is 20.4 Å². The van der Waals surface area contributed by atoms with Crippen LogP contribution in [0.25, 0.3) is 0 Å². The molecule has 0 aliphatic rings. The molecule has 0 spiro atoms. The normalized spacial score (nSPS) is 10.2. The summed E-state index contributed by atoms with van der Waals surface area (Å²) in [6.07, 6.45) is 0. The summed E-state index contributed by atoms with van der Waals surface area (Å²) in [5.41, 5.74) is 0. The van der Waals surface area contributed by atoms with Gasteiger partial charge in [0.05, 0.1) is 26.2 Å². The van der Waals surface area contributed by atoms with Crippen LogP contribution in [0.4, 0.5) is 0 Å². The Morgan fingerprint density at radius 3 is 0.905 bits per heavy atom. The first-order chi connectivity index (χ1) is 9.20. The summed E-state index contributed by atoms with van der Waals surface area (Å²) in [6.45, 7) is -2.25. The van der Waals surface area contributed by atoms with Crippen molar-refractivity contribution in [2.75, 3.05) is 39.3 Å². The van der Waals surface area contributed by atoms with Gasteiger partial charge < -0.3 is 20.4 Å². The predicted molar refractivity (Wildman–Crippen MR) is 72.0 cm³/mol. The van der Waals surface area contributed by atoms with Crippen molar-refractivity contribution in [3.8, 4) is 0 Å². The minimum atomic E-state index is -1.23. The van der Waals surface area contributed by atoms with Crippen LogP contribution in [-0.2, 0) is 19.2 Å². The van der Waals surface area contributed by atoms with Crippen LogP contribution in [0.3, 0.4) is 0 Å². The Morgan fingerprint density at radius 1 is 0.571 bits per heavy atom. The molecule has 0 atom stereocenters. The fraction of sp³-hybridized carbons (Fsp3) is 0.600. The summed E-state index contributed by atoms with van der Waals surface area (Å²) in [4.78, 5) is 44.4. The monoisotopic (exact) mass is 374 g/mol. The van der Waals surface area contributed by atoms with Crippen molar-refractivity contribution >= 4 is 40.9 Å². The number of carboxylic acids is 4. The number of aliphatic carboxylic acids is 4. The van der Waals surface area contributed by atoms with Gasteiger partial charge in [-0.2, -0.15) is 0 Å². The molecule has 0 radical (unpaired) electrons. The van der Waals surface area contributed by atoms with Crippen LogP contribution in [0.5, 0.6) is 0 Å². The van der Waals surface area contributed by atoms with Gasteiger partial charge in [0.25, 0.3) is 0 Å². The summed E-state index contributed by atoms with van der Waals surface area (Å²) in [5.74, 6) is -4.91. The van der Waals surface area contributed by atoms with Crippen LogP contribution in [0, 0.1) is 0 Å². The van der Waals surface area contributed by atoms with E-state index in [9.17, 15) is 19.2 Å². The molecule has 0 aromatic heterocycles. The quantitative estimate of drug-likeness (QED) is 0.276. The van der Waals surface area contributed by atoms with Crippen molar-refractivity contribution in [1.29, 1.82) is 0 Å². The van der Waals surface area contributed by atoms with E-state index in [1.807, 2.05) is 0 Å². The molecule has 0 aliphatic carbocycles. The standard InChI is InChI=1S/C10H16N2O8.H2Se/c13-7(14)3-11(4-8(15)16)1-2-12(5-9(17)18)6-10(19)20;/h1-6H2,(H,13,14)(H,15,16)(H,17,18)(H,19,20);1H2. The molecule has 0 saturated carbocycles. The van der Waals surface area contributed by atoms with E-state index in [1.54, 1.807) is 0 Å². The van der Waals surface area contributed by atoms with Crippen molar-refractivity contribution in [2.45, 2.75) is 0 Å². The third-order valence-electron chi connectivity index (χ3n) is 2.17. The molecule has 0 amide bonds. The van der Waals surface area contributed by atoms with Crippen molar-refractivity contribution in [3.05, 3.63) is 0 Å². The van der Waals surface area contributed by atoms with Gasteiger partial charge in [-0.15, -0.1) is 0 Å². The molecular formula is C10H18N2O8Se. The molecule has 0 fully saturated rings. The topological polar surface area (TPSA) is 156 Å². The molecule has 21 heavy (non-hydrogen) atoms. The first-order valence-electron chi connectivity index (χ1n) is 5.52. The Labute approximate surface area is 130 Å². The number of hydrogen-bond donors (Lipinski definition) is 4. The van der Waals surface area contributed by atoms with Crippen LogP contribution in [0.15, 0.2) is 0 Å². The van der Waals surface area contributed by atoms with E-state index in [2.05, 4.69) is 0 Å². The molecule has 0 aromatic rings. The second-order valence-corrected chi connectivity index (χ2v) is 4.00. The minimum absolute atomic E-state index is 0. The van der Waals surface area contributed by atoms with Gasteiger partial charge in [0.15, 0.2) is 0 Å². The van der Waals surface area contributed by atoms with Crippen molar-refractivity contribution in [1.82, 2.24) is 9.80 Å². The van der Waals surface area contributed by atoms with Crippen molar-refractivity contribution in [2.24, 2.45) is 0 Å². The maximum absolute atomic E-state index is 10.6. The van der Waals surface area contributed by atoms with E-state index >= 15 is 0 Å². The van der Waals surface area contributed by atoms with Gasteiger partial charge >= 0.3 is 40.9 Å². The van der Waals surface area contributed by atoms with Gasteiger partial charge in [-0.25, -0.2) is 0 Å². The Kier molecular flexibility index (Phi) is 11.4. The Balaban J connectivity index is 0. The molecule has 11 heteroatoms. The molecule has 0 aliphatic heterocycles. The zero-order valence-corrected chi connectivity index (χ0v) is 13.2. The number of carboxylic acid groups (broad SMARTS) is 4. The second-order valence-electron chi connectivity index (χ2n) is 4.00. The van der Waals surface area contributed by atoms with Crippen LogP contribution < -0.4 is 0 Å². The average Bonchev–Trinajstić information content (AvgIpc) is 2.22. The first-order valence-corrected chi connectivity index (χ1v) is 5.52. The number of carbonyl (C=O) groups is 4. The van der Waals surface area contributed by atoms with Crippen LogP contribution in [0.1, 0.15) is 0 Å². The average molecular weight is 373 g/mol. The Hall–Kier alpha value is -1.68. The zero-order chi connectivity index (χ0) is 15.7. The van der Waals surface area contributed by atoms with Crippen LogP contribution >= 0.6 is 0 Å².